The van der Waals surface area contributed by atoms with E-state index < -0.39 is 0 Å². The molecule has 1 fully saturated rings. The summed E-state index contributed by atoms with van der Waals surface area (Å²) in [4.78, 5) is 18.8. The molecule has 1 amide bonds. The minimum Gasteiger partial charge on any atom is -0.506 e. The van der Waals surface area contributed by atoms with Crippen molar-refractivity contribution in [1.82, 2.24) is 14.9 Å². The van der Waals surface area contributed by atoms with Crippen LogP contribution in [0.4, 0.5) is 11.4 Å². The summed E-state index contributed by atoms with van der Waals surface area (Å²) < 4.78 is 2.08. The molecule has 0 aliphatic carbocycles. The summed E-state index contributed by atoms with van der Waals surface area (Å²) in [6.07, 6.45) is 2.21. The molecular formula is C30H31N5O2S. The Kier molecular flexibility index (Phi) is 6.91. The molecule has 2 atom stereocenters. The number of anilines is 2. The molecule has 0 radical (unpaired) electrons. The van der Waals surface area contributed by atoms with E-state index >= 15 is 0 Å². The number of thiocarbonyl (C=S) groups is 1. The molecule has 3 N–H and O–H groups in total. The predicted octanol–water partition coefficient (Wildman–Crippen LogP) is 6.03. The highest BCUT2D eigenvalue weighted by Gasteiger charge is 2.42. The Balaban J connectivity index is 1.64. The van der Waals surface area contributed by atoms with Gasteiger partial charge in [-0.3, -0.25) is 9.78 Å². The number of phenols is 1. The monoisotopic (exact) mass is 525 g/mol. The summed E-state index contributed by atoms with van der Waals surface area (Å²) in [7, 11) is 0. The minimum absolute atomic E-state index is 0.0242. The average Bonchev–Trinajstić information content (AvgIpc) is 3.41. The zero-order valence-corrected chi connectivity index (χ0v) is 22.7. The van der Waals surface area contributed by atoms with Gasteiger partial charge in [0.2, 0.25) is 5.91 Å². The van der Waals surface area contributed by atoms with Gasteiger partial charge in [0.1, 0.15) is 5.75 Å². The Morgan fingerprint density at radius 1 is 1.08 bits per heavy atom. The van der Waals surface area contributed by atoms with E-state index in [1.807, 2.05) is 69.3 Å². The number of nitrogens with zero attached hydrogens (tertiary/aromatic N) is 3. The summed E-state index contributed by atoms with van der Waals surface area (Å²) in [5.74, 6) is 0.197. The maximum absolute atomic E-state index is 12.0. The van der Waals surface area contributed by atoms with Crippen molar-refractivity contribution in [2.75, 3.05) is 10.2 Å². The van der Waals surface area contributed by atoms with Crippen molar-refractivity contribution in [1.29, 1.82) is 0 Å². The van der Waals surface area contributed by atoms with Crippen molar-refractivity contribution in [3.63, 3.8) is 0 Å². The number of rotatable bonds is 6. The highest BCUT2D eigenvalue weighted by molar-refractivity contribution is 7.80. The first kappa shape index (κ1) is 25.5. The Morgan fingerprint density at radius 2 is 1.84 bits per heavy atom. The van der Waals surface area contributed by atoms with Crippen molar-refractivity contribution in [3.8, 4) is 11.4 Å². The SMILES string of the molecule is CCC(=O)Nc1ccc(N2C(=S)N[C@H](c3ccccn3)[C@@H]2c2cc(C)n(-c3ccccc3O)c2C)cc1C. The Labute approximate surface area is 228 Å². The van der Waals surface area contributed by atoms with Gasteiger partial charge >= 0.3 is 0 Å². The van der Waals surface area contributed by atoms with Crippen LogP contribution in [-0.4, -0.2) is 25.7 Å². The molecule has 2 aromatic carbocycles. The van der Waals surface area contributed by atoms with Gasteiger partial charge in [0.25, 0.3) is 0 Å². The molecular weight excluding hydrogens is 494 g/mol. The van der Waals surface area contributed by atoms with E-state index in [2.05, 4.69) is 44.1 Å². The highest BCUT2D eigenvalue weighted by Crippen LogP contribution is 2.44. The zero-order valence-electron chi connectivity index (χ0n) is 21.9. The lowest BCUT2D eigenvalue weighted by atomic mass is 9.96. The van der Waals surface area contributed by atoms with Gasteiger partial charge in [-0.15, -0.1) is 0 Å². The fourth-order valence-electron chi connectivity index (χ4n) is 5.24. The quantitative estimate of drug-likeness (QED) is 0.267. The molecule has 194 valence electrons. The van der Waals surface area contributed by atoms with Crippen LogP contribution in [-0.2, 0) is 4.79 Å². The molecule has 4 aromatic rings. The first-order valence-corrected chi connectivity index (χ1v) is 13.1. The number of phenolic OH excluding ortho intramolecular Hbond substituents is 1. The number of pyridine rings is 1. The molecule has 0 saturated carbocycles. The number of para-hydroxylation sites is 2. The summed E-state index contributed by atoms with van der Waals surface area (Å²) in [6, 6.07) is 21.0. The summed E-state index contributed by atoms with van der Waals surface area (Å²) in [6.45, 7) is 7.93. The number of aromatic nitrogens is 2. The fourth-order valence-corrected chi connectivity index (χ4v) is 5.58. The zero-order chi connectivity index (χ0) is 27.0. The Bertz CT molecular complexity index is 1510. The fraction of sp³-hybridized carbons (Fsp3) is 0.233. The van der Waals surface area contributed by atoms with Crippen LogP contribution in [0, 0.1) is 20.8 Å². The van der Waals surface area contributed by atoms with Crippen LogP contribution in [0.3, 0.4) is 0 Å². The largest absolute Gasteiger partial charge is 0.506 e. The van der Waals surface area contributed by atoms with E-state index in [1.54, 1.807) is 12.3 Å². The highest BCUT2D eigenvalue weighted by atomic mass is 32.1. The minimum atomic E-state index is -0.196. The van der Waals surface area contributed by atoms with E-state index in [9.17, 15) is 9.90 Å². The summed E-state index contributed by atoms with van der Waals surface area (Å²) >= 11 is 5.91. The molecule has 0 unspecified atom stereocenters. The predicted molar refractivity (Wildman–Crippen MR) is 155 cm³/mol. The first-order chi connectivity index (χ1) is 18.3. The molecule has 0 bridgehead atoms. The van der Waals surface area contributed by atoms with Crippen molar-refractivity contribution >= 4 is 34.6 Å². The molecule has 8 heteroatoms. The van der Waals surface area contributed by atoms with Crippen LogP contribution < -0.4 is 15.5 Å². The lowest BCUT2D eigenvalue weighted by Gasteiger charge is -2.29. The van der Waals surface area contributed by atoms with E-state index in [-0.39, 0.29) is 23.7 Å². The van der Waals surface area contributed by atoms with E-state index in [0.717, 1.165) is 45.3 Å². The maximum atomic E-state index is 12.0. The number of amides is 1. The second kappa shape index (κ2) is 10.3. The van der Waals surface area contributed by atoms with Crippen LogP contribution >= 0.6 is 12.2 Å². The maximum Gasteiger partial charge on any atom is 0.224 e. The third-order valence-electron chi connectivity index (χ3n) is 7.09. The molecule has 38 heavy (non-hydrogen) atoms. The van der Waals surface area contributed by atoms with Crippen LogP contribution in [0.25, 0.3) is 5.69 Å². The third kappa shape index (κ3) is 4.52. The number of aromatic hydroxyl groups is 1. The second-order valence-electron chi connectivity index (χ2n) is 9.55. The van der Waals surface area contributed by atoms with Crippen LogP contribution in [0.2, 0.25) is 0 Å². The Morgan fingerprint density at radius 3 is 2.53 bits per heavy atom. The number of hydrogen-bond donors (Lipinski definition) is 3. The van der Waals surface area contributed by atoms with Crippen molar-refractivity contribution in [2.24, 2.45) is 0 Å². The van der Waals surface area contributed by atoms with E-state index in [4.69, 9.17) is 12.2 Å². The lowest BCUT2D eigenvalue weighted by molar-refractivity contribution is -0.115. The smallest absolute Gasteiger partial charge is 0.224 e. The molecule has 5 rings (SSSR count). The normalized spacial score (nSPS) is 16.9. The topological polar surface area (TPSA) is 82.4 Å². The molecule has 0 spiro atoms. The van der Waals surface area contributed by atoms with Gasteiger partial charge in [0, 0.05) is 35.4 Å². The number of carbonyl (C=O) groups excluding carboxylic acids is 1. The van der Waals surface area contributed by atoms with Crippen molar-refractivity contribution in [2.45, 2.75) is 46.2 Å². The van der Waals surface area contributed by atoms with Gasteiger partial charge in [-0.1, -0.05) is 25.1 Å². The molecule has 7 nitrogen and oxygen atoms in total. The number of hydrogen-bond acceptors (Lipinski definition) is 4. The lowest BCUT2D eigenvalue weighted by Crippen LogP contribution is -2.29. The van der Waals surface area contributed by atoms with Gasteiger partial charge in [-0.25, -0.2) is 0 Å². The number of aryl methyl sites for hydroxylation is 2. The average molecular weight is 526 g/mol. The van der Waals surface area contributed by atoms with Crippen molar-refractivity contribution < 1.29 is 9.90 Å². The van der Waals surface area contributed by atoms with Gasteiger partial charge in [0.05, 0.1) is 23.5 Å². The summed E-state index contributed by atoms with van der Waals surface area (Å²) in [5.41, 5.74) is 7.37. The standard InChI is InChI=1S/C30H31N5O2S/c1-5-27(37)32-23-14-13-21(16-18(23)2)35-29(28(33-30(35)38)24-10-8-9-15-31-24)22-17-19(3)34(20(22)4)25-11-6-7-12-26(25)36/h6-17,28-29,36H,5H2,1-4H3,(H,32,37)(H,33,38)/t28-,29+/m1/s1. The third-order valence-corrected chi connectivity index (χ3v) is 7.41. The van der Waals surface area contributed by atoms with Gasteiger partial charge in [-0.05, 0) is 92.6 Å². The molecule has 2 aromatic heterocycles. The van der Waals surface area contributed by atoms with Gasteiger partial charge in [-0.2, -0.15) is 0 Å². The molecule has 1 aliphatic heterocycles. The second-order valence-corrected chi connectivity index (χ2v) is 9.93. The summed E-state index contributed by atoms with van der Waals surface area (Å²) in [5, 5.41) is 17.7. The van der Waals surface area contributed by atoms with Crippen LogP contribution in [0.1, 0.15) is 53.6 Å². The number of benzene rings is 2. The first-order valence-electron chi connectivity index (χ1n) is 12.7. The van der Waals surface area contributed by atoms with Crippen molar-refractivity contribution in [3.05, 3.63) is 101 Å². The molecule has 1 saturated heterocycles. The molecule has 1 aliphatic rings. The van der Waals surface area contributed by atoms with Gasteiger partial charge in [0.15, 0.2) is 5.11 Å². The molecule has 3 heterocycles. The van der Waals surface area contributed by atoms with Gasteiger partial charge < -0.3 is 25.2 Å². The van der Waals surface area contributed by atoms with E-state index in [1.165, 1.54) is 0 Å². The van der Waals surface area contributed by atoms with Crippen LogP contribution in [0.5, 0.6) is 5.75 Å². The Hall–Kier alpha value is -4.17. The van der Waals surface area contributed by atoms with Crippen LogP contribution in [0.15, 0.2) is 72.9 Å². The van der Waals surface area contributed by atoms with E-state index in [0.29, 0.717) is 11.5 Å². The number of carbonyl (C=O) groups is 1. The number of nitrogens with one attached hydrogen (secondary N) is 2.